The average molecular weight is 463 g/mol. The van der Waals surface area contributed by atoms with Gasteiger partial charge in [0.05, 0.1) is 21.5 Å². The third kappa shape index (κ3) is 3.96. The molecule has 0 N–H and O–H groups in total. The lowest BCUT2D eigenvalue weighted by molar-refractivity contribution is 0.442. The van der Waals surface area contributed by atoms with Crippen molar-refractivity contribution >= 4 is 38.0 Å². The highest BCUT2D eigenvalue weighted by Gasteiger charge is 2.26. The number of pyridine rings is 1. The molecule has 8 heteroatoms. The lowest BCUT2D eigenvalue weighted by atomic mass is 9.99. The van der Waals surface area contributed by atoms with Crippen molar-refractivity contribution in [1.82, 2.24) is 4.57 Å². The van der Waals surface area contributed by atoms with E-state index in [0.29, 0.717) is 23.7 Å². The Bertz CT molecular complexity index is 1320. The van der Waals surface area contributed by atoms with Crippen LogP contribution in [0.15, 0.2) is 57.2 Å². The molecular weight excluding hydrogens is 439 g/mol. The first-order chi connectivity index (χ1) is 14.7. The largest absolute Gasteiger partial charge is 0.369 e. The minimum Gasteiger partial charge on any atom is -0.369 e. The molecule has 4 rings (SSSR count). The fourth-order valence-corrected chi connectivity index (χ4v) is 5.91. The Morgan fingerprint density at radius 3 is 2.68 bits per heavy atom. The van der Waals surface area contributed by atoms with Gasteiger partial charge in [-0.05, 0) is 56.0 Å². The van der Waals surface area contributed by atoms with Crippen LogP contribution in [-0.2, 0) is 16.4 Å². The van der Waals surface area contributed by atoms with Crippen LogP contribution in [0.1, 0.15) is 26.7 Å². The first-order valence-electron chi connectivity index (χ1n) is 10.3. The standard InChI is InChI=1S/C23H24ClFN2O3S/c1-3-26-14-22(31(29,30)17-8-4-7-16(24)10-17)23(28)18-11-19(25)21(12-20(18)26)27-9-5-6-15(2)13-27/h4,7-8,10-12,14-15H,3,5-6,9,13H2,1-2H3/t15-/m1/s1. The zero-order valence-electron chi connectivity index (χ0n) is 17.4. The lowest BCUT2D eigenvalue weighted by Gasteiger charge is -2.33. The van der Waals surface area contributed by atoms with E-state index in [0.717, 1.165) is 25.9 Å². The van der Waals surface area contributed by atoms with Crippen molar-refractivity contribution < 1.29 is 12.8 Å². The van der Waals surface area contributed by atoms with Gasteiger partial charge in [0, 0.05) is 30.9 Å². The Balaban J connectivity index is 1.92. The summed E-state index contributed by atoms with van der Waals surface area (Å²) in [6, 6.07) is 8.61. The van der Waals surface area contributed by atoms with E-state index in [1.54, 1.807) is 16.7 Å². The molecule has 1 aliphatic heterocycles. The maximum atomic E-state index is 15.1. The highest BCUT2D eigenvalue weighted by atomic mass is 35.5. The number of aryl methyl sites for hydroxylation is 1. The first-order valence-corrected chi connectivity index (χ1v) is 12.2. The molecule has 31 heavy (non-hydrogen) atoms. The number of nitrogens with zero attached hydrogens (tertiary/aromatic N) is 2. The summed E-state index contributed by atoms with van der Waals surface area (Å²) >= 11 is 5.95. The van der Waals surface area contributed by atoms with E-state index in [-0.39, 0.29) is 20.2 Å². The van der Waals surface area contributed by atoms with Crippen molar-refractivity contribution in [2.75, 3.05) is 18.0 Å². The van der Waals surface area contributed by atoms with Crippen molar-refractivity contribution in [2.45, 2.75) is 43.0 Å². The van der Waals surface area contributed by atoms with Crippen LogP contribution >= 0.6 is 11.6 Å². The summed E-state index contributed by atoms with van der Waals surface area (Å²) in [4.78, 5) is 14.7. The number of rotatable bonds is 4. The van der Waals surface area contributed by atoms with Gasteiger partial charge in [-0.25, -0.2) is 12.8 Å². The van der Waals surface area contributed by atoms with Crippen LogP contribution in [-0.4, -0.2) is 26.1 Å². The van der Waals surface area contributed by atoms with E-state index in [2.05, 4.69) is 6.92 Å². The highest BCUT2D eigenvalue weighted by Crippen LogP contribution is 2.30. The average Bonchev–Trinajstić information content (AvgIpc) is 2.74. The van der Waals surface area contributed by atoms with Crippen LogP contribution in [0.2, 0.25) is 5.02 Å². The number of sulfone groups is 1. The molecule has 1 saturated heterocycles. The number of hydrogen-bond acceptors (Lipinski definition) is 4. The molecule has 3 aromatic rings. The number of anilines is 1. The van der Waals surface area contributed by atoms with Gasteiger partial charge in [-0.3, -0.25) is 4.79 Å². The van der Waals surface area contributed by atoms with E-state index in [4.69, 9.17) is 11.6 Å². The van der Waals surface area contributed by atoms with Gasteiger partial charge in [0.25, 0.3) is 0 Å². The summed E-state index contributed by atoms with van der Waals surface area (Å²) in [5, 5.41) is 0.306. The Morgan fingerprint density at radius 2 is 2.00 bits per heavy atom. The van der Waals surface area contributed by atoms with Crippen LogP contribution in [0.5, 0.6) is 0 Å². The van der Waals surface area contributed by atoms with Crippen LogP contribution < -0.4 is 10.3 Å². The third-order valence-electron chi connectivity index (χ3n) is 5.85. The number of benzene rings is 2. The zero-order valence-corrected chi connectivity index (χ0v) is 19.0. The van der Waals surface area contributed by atoms with Crippen molar-refractivity contribution in [2.24, 2.45) is 5.92 Å². The Morgan fingerprint density at radius 1 is 1.23 bits per heavy atom. The van der Waals surface area contributed by atoms with E-state index in [1.807, 2.05) is 11.8 Å². The molecule has 164 valence electrons. The van der Waals surface area contributed by atoms with E-state index in [1.165, 1.54) is 30.5 Å². The SMILES string of the molecule is CCn1cc(S(=O)(=O)c2cccc(Cl)c2)c(=O)c2cc(F)c(N3CCC[C@@H](C)C3)cc21. The second-order valence-electron chi connectivity index (χ2n) is 8.08. The van der Waals surface area contributed by atoms with Gasteiger partial charge in [0.2, 0.25) is 15.3 Å². The van der Waals surface area contributed by atoms with Crippen LogP contribution in [0.25, 0.3) is 10.9 Å². The lowest BCUT2D eigenvalue weighted by Crippen LogP contribution is -2.35. The molecule has 0 saturated carbocycles. The predicted octanol–water partition coefficient (Wildman–Crippen LogP) is 4.88. The molecular formula is C23H24ClFN2O3S. The fourth-order valence-electron chi connectivity index (χ4n) is 4.24. The van der Waals surface area contributed by atoms with E-state index in [9.17, 15) is 13.2 Å². The molecule has 1 fully saturated rings. The van der Waals surface area contributed by atoms with Gasteiger partial charge in [-0.2, -0.15) is 0 Å². The molecule has 0 unspecified atom stereocenters. The summed E-state index contributed by atoms with van der Waals surface area (Å²) in [7, 11) is -4.12. The second kappa shape index (κ2) is 8.28. The minimum absolute atomic E-state index is 0.0521. The van der Waals surface area contributed by atoms with Crippen LogP contribution in [0.4, 0.5) is 10.1 Å². The molecule has 2 heterocycles. The smallest absolute Gasteiger partial charge is 0.211 e. The molecule has 1 aliphatic rings. The molecule has 0 radical (unpaired) electrons. The Labute approximate surface area is 186 Å². The van der Waals surface area contributed by atoms with E-state index >= 15 is 4.39 Å². The number of aromatic nitrogens is 1. The summed E-state index contributed by atoms with van der Waals surface area (Å²) < 4.78 is 43.1. The molecule has 1 aromatic heterocycles. The summed E-state index contributed by atoms with van der Waals surface area (Å²) in [6.45, 7) is 5.92. The monoisotopic (exact) mass is 462 g/mol. The number of piperidine rings is 1. The maximum Gasteiger partial charge on any atom is 0.211 e. The second-order valence-corrected chi connectivity index (χ2v) is 10.4. The molecule has 0 amide bonds. The summed E-state index contributed by atoms with van der Waals surface area (Å²) in [6.07, 6.45) is 3.44. The molecule has 2 aromatic carbocycles. The van der Waals surface area contributed by atoms with Gasteiger partial charge < -0.3 is 9.47 Å². The normalized spacial score (nSPS) is 17.3. The fraction of sp³-hybridized carbons (Fsp3) is 0.348. The third-order valence-corrected chi connectivity index (χ3v) is 7.83. The summed E-state index contributed by atoms with van der Waals surface area (Å²) in [5.41, 5.74) is 0.260. The van der Waals surface area contributed by atoms with E-state index < -0.39 is 21.1 Å². The number of halogens is 2. The van der Waals surface area contributed by atoms with Gasteiger partial charge in [0.15, 0.2) is 0 Å². The van der Waals surface area contributed by atoms with Crippen molar-refractivity contribution in [3.63, 3.8) is 0 Å². The van der Waals surface area contributed by atoms with Crippen molar-refractivity contribution in [1.29, 1.82) is 0 Å². The van der Waals surface area contributed by atoms with Gasteiger partial charge in [-0.15, -0.1) is 0 Å². The summed E-state index contributed by atoms with van der Waals surface area (Å²) in [5.74, 6) is -0.0545. The maximum absolute atomic E-state index is 15.1. The minimum atomic E-state index is -4.12. The molecule has 0 aliphatic carbocycles. The van der Waals surface area contributed by atoms with Crippen molar-refractivity contribution in [3.05, 3.63) is 63.7 Å². The predicted molar refractivity (Wildman–Crippen MR) is 121 cm³/mol. The topological polar surface area (TPSA) is 59.4 Å². The van der Waals surface area contributed by atoms with Crippen LogP contribution in [0.3, 0.4) is 0 Å². The number of hydrogen-bond donors (Lipinski definition) is 0. The van der Waals surface area contributed by atoms with Crippen molar-refractivity contribution in [3.8, 4) is 0 Å². The Kier molecular flexibility index (Phi) is 5.83. The highest BCUT2D eigenvalue weighted by molar-refractivity contribution is 7.91. The molecule has 0 bridgehead atoms. The first kappa shape index (κ1) is 21.8. The Hall–Kier alpha value is -2.38. The molecule has 5 nitrogen and oxygen atoms in total. The quantitative estimate of drug-likeness (QED) is 0.554. The molecule has 1 atom stereocenters. The van der Waals surface area contributed by atoms with Gasteiger partial charge in [-0.1, -0.05) is 24.6 Å². The molecule has 0 spiro atoms. The van der Waals surface area contributed by atoms with Gasteiger partial charge >= 0.3 is 0 Å². The zero-order chi connectivity index (χ0) is 22.3. The van der Waals surface area contributed by atoms with Crippen LogP contribution in [0, 0.1) is 11.7 Å². The van der Waals surface area contributed by atoms with Gasteiger partial charge in [0.1, 0.15) is 10.7 Å². The number of fused-ring (bicyclic) bond motifs is 1.